The third-order valence-corrected chi connectivity index (χ3v) is 1.58. The predicted octanol–water partition coefficient (Wildman–Crippen LogP) is 1.68. The van der Waals surface area contributed by atoms with Crippen molar-refractivity contribution in [2.24, 2.45) is 0 Å². The molecule has 82 valence electrons. The van der Waals surface area contributed by atoms with E-state index in [1.807, 2.05) is 0 Å². The average Bonchev–Trinajstić information content (AvgIpc) is 2.08. The van der Waals surface area contributed by atoms with E-state index in [0.717, 1.165) is 6.07 Å². The van der Waals surface area contributed by atoms with Crippen LogP contribution in [0.1, 0.15) is 16.1 Å². The summed E-state index contributed by atoms with van der Waals surface area (Å²) in [5.74, 6) is -0.657. The van der Waals surface area contributed by atoms with Crippen LogP contribution in [0.3, 0.4) is 0 Å². The number of aromatic nitrogens is 1. The van der Waals surface area contributed by atoms with Crippen molar-refractivity contribution in [2.75, 3.05) is 5.73 Å². The van der Waals surface area contributed by atoms with Gasteiger partial charge in [0.05, 0.1) is 0 Å². The molecule has 2 N–H and O–H groups in total. The van der Waals surface area contributed by atoms with Gasteiger partial charge in [0, 0.05) is 0 Å². The Kier molecular flexibility index (Phi) is 2.83. The van der Waals surface area contributed by atoms with Gasteiger partial charge in [-0.25, -0.2) is 4.98 Å². The molecule has 1 rings (SSSR count). The van der Waals surface area contributed by atoms with E-state index in [9.17, 15) is 18.0 Å². The van der Waals surface area contributed by atoms with Crippen molar-refractivity contribution in [3.8, 4) is 5.75 Å². The Morgan fingerprint density at radius 3 is 2.60 bits per heavy atom. The van der Waals surface area contributed by atoms with Crippen molar-refractivity contribution in [1.82, 2.24) is 4.98 Å². The lowest BCUT2D eigenvalue weighted by Crippen LogP contribution is -2.19. The van der Waals surface area contributed by atoms with Crippen molar-refractivity contribution < 1.29 is 22.7 Å². The summed E-state index contributed by atoms with van der Waals surface area (Å²) in [6.07, 6.45) is -4.71. The Balaban J connectivity index is 3.16. The summed E-state index contributed by atoms with van der Waals surface area (Å²) in [6.45, 7) is 1.46. The van der Waals surface area contributed by atoms with Crippen molar-refractivity contribution >= 4 is 12.1 Å². The summed E-state index contributed by atoms with van der Waals surface area (Å²) in [4.78, 5) is 13.9. The zero-order chi connectivity index (χ0) is 11.6. The maximum absolute atomic E-state index is 11.9. The van der Waals surface area contributed by atoms with E-state index in [2.05, 4.69) is 9.72 Å². The van der Waals surface area contributed by atoms with Gasteiger partial charge in [0.1, 0.15) is 11.5 Å². The van der Waals surface area contributed by atoms with Gasteiger partial charge in [-0.05, 0) is 18.6 Å². The normalized spacial score (nSPS) is 11.2. The molecule has 1 aromatic rings. The largest absolute Gasteiger partial charge is 0.573 e. The average molecular weight is 220 g/mol. The molecule has 1 heterocycles. The minimum atomic E-state index is -4.86. The number of anilines is 1. The Bertz CT molecular complexity index is 390. The van der Waals surface area contributed by atoms with Crippen molar-refractivity contribution in [3.63, 3.8) is 0 Å². The van der Waals surface area contributed by atoms with E-state index in [0.29, 0.717) is 5.56 Å². The number of halogens is 3. The number of carbonyl (C=O) groups is 1. The fraction of sp³-hybridized carbons (Fsp3) is 0.250. The molecule has 0 bridgehead atoms. The molecule has 0 fully saturated rings. The lowest BCUT2D eigenvalue weighted by molar-refractivity contribution is -0.274. The molecular formula is C8H7F3N2O2. The van der Waals surface area contributed by atoms with Crippen LogP contribution in [0.2, 0.25) is 0 Å². The van der Waals surface area contributed by atoms with Gasteiger partial charge in [-0.15, -0.1) is 13.2 Å². The number of hydrogen-bond donors (Lipinski definition) is 1. The van der Waals surface area contributed by atoms with Gasteiger partial charge in [-0.1, -0.05) is 0 Å². The summed E-state index contributed by atoms with van der Waals surface area (Å²) in [5.41, 5.74) is 5.15. The molecule has 7 heteroatoms. The Morgan fingerprint density at radius 2 is 2.13 bits per heavy atom. The van der Waals surface area contributed by atoms with Crippen LogP contribution in [0.4, 0.5) is 19.0 Å². The lowest BCUT2D eigenvalue weighted by atomic mass is 10.2. The highest BCUT2D eigenvalue weighted by Crippen LogP contribution is 2.26. The number of nitrogens with zero attached hydrogens (tertiary/aromatic N) is 1. The Morgan fingerprint density at radius 1 is 1.53 bits per heavy atom. The van der Waals surface area contributed by atoms with E-state index in [1.54, 1.807) is 0 Å². The molecule has 0 saturated carbocycles. The highest BCUT2D eigenvalue weighted by Gasteiger charge is 2.32. The van der Waals surface area contributed by atoms with Gasteiger partial charge in [0.25, 0.3) is 0 Å². The smallest absolute Gasteiger partial charge is 0.403 e. The molecule has 0 aliphatic heterocycles. The first kappa shape index (κ1) is 11.3. The van der Waals surface area contributed by atoms with Crippen LogP contribution in [0.15, 0.2) is 6.07 Å². The maximum Gasteiger partial charge on any atom is 0.573 e. The molecule has 0 spiro atoms. The fourth-order valence-electron chi connectivity index (χ4n) is 0.908. The first-order valence-electron chi connectivity index (χ1n) is 3.81. The van der Waals surface area contributed by atoms with Gasteiger partial charge in [0.15, 0.2) is 12.0 Å². The van der Waals surface area contributed by atoms with E-state index >= 15 is 0 Å². The molecule has 0 atom stereocenters. The maximum atomic E-state index is 11.9. The first-order valence-corrected chi connectivity index (χ1v) is 3.81. The summed E-state index contributed by atoms with van der Waals surface area (Å²) < 4.78 is 39.3. The molecule has 0 amide bonds. The van der Waals surface area contributed by atoms with Crippen LogP contribution in [0.25, 0.3) is 0 Å². The van der Waals surface area contributed by atoms with Crippen molar-refractivity contribution in [2.45, 2.75) is 13.3 Å². The van der Waals surface area contributed by atoms with Gasteiger partial charge in [-0.3, -0.25) is 4.79 Å². The summed E-state index contributed by atoms with van der Waals surface area (Å²) in [7, 11) is 0. The molecule has 1 aromatic heterocycles. The monoisotopic (exact) mass is 220 g/mol. The standard InChI is InChI=1S/C8H7F3N2O2/c1-4-2-6(15-8(9,10)11)5(3-14)13-7(4)12/h2-3H,1H3,(H2,12,13). The van der Waals surface area contributed by atoms with Gasteiger partial charge in [-0.2, -0.15) is 0 Å². The van der Waals surface area contributed by atoms with Crippen LogP contribution in [-0.2, 0) is 0 Å². The van der Waals surface area contributed by atoms with Crippen LogP contribution in [-0.4, -0.2) is 17.6 Å². The van der Waals surface area contributed by atoms with E-state index in [1.165, 1.54) is 6.92 Å². The molecule has 0 aliphatic rings. The highest BCUT2D eigenvalue weighted by atomic mass is 19.4. The zero-order valence-corrected chi connectivity index (χ0v) is 7.63. The Labute approximate surface area is 82.9 Å². The summed E-state index contributed by atoms with van der Waals surface area (Å²) in [6, 6.07) is 1.01. The zero-order valence-electron chi connectivity index (χ0n) is 7.63. The van der Waals surface area contributed by atoms with Crippen molar-refractivity contribution in [1.29, 1.82) is 0 Å². The molecule has 4 nitrogen and oxygen atoms in total. The van der Waals surface area contributed by atoms with Crippen molar-refractivity contribution in [3.05, 3.63) is 17.3 Å². The molecule has 0 radical (unpaired) electrons. The Hall–Kier alpha value is -1.79. The van der Waals surface area contributed by atoms with Gasteiger partial charge < -0.3 is 10.5 Å². The number of carbonyl (C=O) groups excluding carboxylic acids is 1. The topological polar surface area (TPSA) is 65.2 Å². The number of alkyl halides is 3. The summed E-state index contributed by atoms with van der Waals surface area (Å²) in [5, 5.41) is 0. The van der Waals surface area contributed by atoms with Crippen LogP contribution < -0.4 is 10.5 Å². The number of nitrogen functional groups attached to an aromatic ring is 1. The number of aldehydes is 1. The summed E-state index contributed by atoms with van der Waals surface area (Å²) >= 11 is 0. The third-order valence-electron chi connectivity index (χ3n) is 1.58. The second-order valence-electron chi connectivity index (χ2n) is 2.74. The number of hydrogen-bond acceptors (Lipinski definition) is 4. The number of rotatable bonds is 2. The van der Waals surface area contributed by atoms with E-state index in [-0.39, 0.29) is 12.1 Å². The molecule has 0 unspecified atom stereocenters. The number of ether oxygens (including phenoxy) is 1. The predicted molar refractivity (Wildman–Crippen MR) is 45.5 cm³/mol. The minimum absolute atomic E-state index is 0.00776. The van der Waals surface area contributed by atoms with Crippen LogP contribution in [0.5, 0.6) is 5.75 Å². The number of nitrogens with two attached hydrogens (primary N) is 1. The molecule has 0 saturated heterocycles. The quantitative estimate of drug-likeness (QED) is 0.770. The fourth-order valence-corrected chi connectivity index (χ4v) is 0.908. The SMILES string of the molecule is Cc1cc(OC(F)(F)F)c(C=O)nc1N. The minimum Gasteiger partial charge on any atom is -0.403 e. The second-order valence-corrected chi connectivity index (χ2v) is 2.74. The second kappa shape index (κ2) is 3.76. The van der Waals surface area contributed by atoms with E-state index < -0.39 is 17.8 Å². The lowest BCUT2D eigenvalue weighted by Gasteiger charge is -2.11. The van der Waals surface area contributed by atoms with Crippen LogP contribution in [0, 0.1) is 6.92 Å². The number of aryl methyl sites for hydroxylation is 1. The molecule has 0 aliphatic carbocycles. The molecular weight excluding hydrogens is 213 g/mol. The highest BCUT2D eigenvalue weighted by molar-refractivity contribution is 5.77. The van der Waals surface area contributed by atoms with Gasteiger partial charge in [0.2, 0.25) is 0 Å². The van der Waals surface area contributed by atoms with Crippen LogP contribution >= 0.6 is 0 Å². The van der Waals surface area contributed by atoms with E-state index in [4.69, 9.17) is 5.73 Å². The van der Waals surface area contributed by atoms with Gasteiger partial charge >= 0.3 is 6.36 Å². The number of pyridine rings is 1. The molecule has 15 heavy (non-hydrogen) atoms. The molecule has 0 aromatic carbocycles. The third kappa shape index (κ3) is 2.83. The first-order chi connectivity index (χ1) is 6.83.